The molecule has 0 aliphatic carbocycles. The molecule has 0 saturated carbocycles. The summed E-state index contributed by atoms with van der Waals surface area (Å²) in [4.78, 5) is 76.0. The fraction of sp³-hybridized carbons (Fsp3) is 0.714. The highest BCUT2D eigenvalue weighted by Gasteiger charge is 2.41. The van der Waals surface area contributed by atoms with Gasteiger partial charge in [-0.3, -0.25) is 24.0 Å². The summed E-state index contributed by atoms with van der Waals surface area (Å²) in [5.41, 5.74) is 5.71. The van der Waals surface area contributed by atoms with Gasteiger partial charge in [0.15, 0.2) is 0 Å². The van der Waals surface area contributed by atoms with Crippen molar-refractivity contribution in [3.8, 4) is 0 Å². The smallest absolute Gasteiger partial charge is 0.326 e. The lowest BCUT2D eigenvalue weighted by atomic mass is 10.1. The van der Waals surface area contributed by atoms with E-state index in [-0.39, 0.29) is 37.4 Å². The van der Waals surface area contributed by atoms with Crippen LogP contribution in [0.4, 0.5) is 0 Å². The van der Waals surface area contributed by atoms with Gasteiger partial charge in [-0.25, -0.2) is 4.79 Å². The van der Waals surface area contributed by atoms with Gasteiger partial charge in [-0.1, -0.05) is 0 Å². The SMILES string of the molecule is N[C@@H](CCC(=O)O)C(=O)N[C@@H](CS)C(=O)N1CCC[C@H]1C(=O)N[C@@H](CS)C(=O)N1CCC[C@H]1C(=O)O. The molecule has 0 unspecified atom stereocenters. The van der Waals surface area contributed by atoms with Crippen LogP contribution in [0.2, 0.25) is 0 Å². The number of carbonyl (C=O) groups excluding carboxylic acids is 4. The molecule has 13 nitrogen and oxygen atoms in total. The molecule has 6 N–H and O–H groups in total. The molecule has 2 saturated heterocycles. The largest absolute Gasteiger partial charge is 0.481 e. The molecule has 0 spiro atoms. The minimum atomic E-state index is -1.13. The van der Waals surface area contributed by atoms with Crippen molar-refractivity contribution >= 4 is 60.8 Å². The Morgan fingerprint density at radius 3 is 1.86 bits per heavy atom. The highest BCUT2D eigenvalue weighted by Crippen LogP contribution is 2.21. The van der Waals surface area contributed by atoms with Gasteiger partial charge in [-0.15, -0.1) is 0 Å². The van der Waals surface area contributed by atoms with Crippen LogP contribution < -0.4 is 16.4 Å². The third-order valence-corrected chi connectivity index (χ3v) is 6.99. The molecular weight excluding hydrogens is 514 g/mol. The Morgan fingerprint density at radius 1 is 0.861 bits per heavy atom. The Bertz CT molecular complexity index is 875. The number of nitrogens with two attached hydrogens (primary N) is 1. The molecule has 0 bridgehead atoms. The molecule has 2 rings (SSSR count). The summed E-state index contributed by atoms with van der Waals surface area (Å²) >= 11 is 8.27. The first-order valence-corrected chi connectivity index (χ1v) is 12.9. The Balaban J connectivity index is 2.03. The minimum Gasteiger partial charge on any atom is -0.481 e. The highest BCUT2D eigenvalue weighted by atomic mass is 32.1. The summed E-state index contributed by atoms with van der Waals surface area (Å²) in [6.07, 6.45) is 1.30. The van der Waals surface area contributed by atoms with Crippen LogP contribution in [0.3, 0.4) is 0 Å². The maximum Gasteiger partial charge on any atom is 0.326 e. The molecule has 202 valence electrons. The minimum absolute atomic E-state index is 0.0579. The van der Waals surface area contributed by atoms with E-state index in [1.165, 1.54) is 9.80 Å². The van der Waals surface area contributed by atoms with Gasteiger partial charge in [0.2, 0.25) is 23.6 Å². The monoisotopic (exact) mass is 547 g/mol. The topological polar surface area (TPSA) is 199 Å². The van der Waals surface area contributed by atoms with E-state index in [1.807, 2.05) is 0 Å². The average Bonchev–Trinajstić information content (AvgIpc) is 3.53. The molecule has 5 atom stereocenters. The Labute approximate surface area is 219 Å². The quantitative estimate of drug-likeness (QED) is 0.136. The summed E-state index contributed by atoms with van der Waals surface area (Å²) in [5.74, 6) is -4.74. The summed E-state index contributed by atoms with van der Waals surface area (Å²) in [5, 5.41) is 23.2. The van der Waals surface area contributed by atoms with Crippen molar-refractivity contribution in [1.29, 1.82) is 0 Å². The fourth-order valence-corrected chi connectivity index (χ4v) is 4.81. The van der Waals surface area contributed by atoms with Gasteiger partial charge >= 0.3 is 11.9 Å². The van der Waals surface area contributed by atoms with Gasteiger partial charge in [-0.2, -0.15) is 25.3 Å². The van der Waals surface area contributed by atoms with Crippen LogP contribution in [0.1, 0.15) is 38.5 Å². The Hall–Kier alpha value is -2.52. The lowest BCUT2D eigenvalue weighted by molar-refractivity contribution is -0.149. The van der Waals surface area contributed by atoms with Crippen molar-refractivity contribution in [3.63, 3.8) is 0 Å². The normalized spacial score (nSPS) is 22.0. The molecule has 4 amide bonds. The van der Waals surface area contributed by atoms with E-state index in [0.29, 0.717) is 25.7 Å². The molecule has 0 aromatic carbocycles. The number of hydrogen-bond acceptors (Lipinski definition) is 9. The molecular formula is C21H33N5O8S2. The van der Waals surface area contributed by atoms with Crippen LogP contribution in [0.15, 0.2) is 0 Å². The molecule has 15 heteroatoms. The molecule has 0 radical (unpaired) electrons. The van der Waals surface area contributed by atoms with E-state index in [1.54, 1.807) is 0 Å². The number of thiol groups is 2. The molecule has 2 aliphatic rings. The third kappa shape index (κ3) is 7.49. The van der Waals surface area contributed by atoms with E-state index < -0.39 is 65.8 Å². The Kier molecular flexibility index (Phi) is 11.3. The van der Waals surface area contributed by atoms with Gasteiger partial charge in [0, 0.05) is 31.0 Å². The summed E-state index contributed by atoms with van der Waals surface area (Å²) in [6, 6.07) is -5.14. The second kappa shape index (κ2) is 13.7. The number of nitrogens with zero attached hydrogens (tertiary/aromatic N) is 2. The van der Waals surface area contributed by atoms with Gasteiger partial charge < -0.3 is 36.4 Å². The second-order valence-corrected chi connectivity index (χ2v) is 9.47. The molecule has 2 heterocycles. The highest BCUT2D eigenvalue weighted by molar-refractivity contribution is 7.80. The van der Waals surface area contributed by atoms with Crippen LogP contribution in [0.25, 0.3) is 0 Å². The van der Waals surface area contributed by atoms with E-state index in [9.17, 15) is 33.9 Å². The third-order valence-electron chi connectivity index (χ3n) is 6.26. The number of aliphatic carboxylic acids is 2. The standard InChI is InChI=1S/C21H33N5O8S2/c22-11(5-6-16(27)28)17(29)23-12(9-35)19(31)25-7-1-3-14(25)18(30)24-13(10-36)20(32)26-8-2-4-15(26)21(33)34/h11-15,35-36H,1-10,22H2,(H,23,29)(H,24,30)(H,27,28)(H,33,34)/t11-,12-,13-,14-,15-/m0/s1. The Morgan fingerprint density at radius 2 is 1.36 bits per heavy atom. The van der Waals surface area contributed by atoms with E-state index in [0.717, 1.165) is 0 Å². The lowest BCUT2D eigenvalue weighted by Crippen LogP contribution is -2.58. The number of hydrogen-bond donors (Lipinski definition) is 7. The first-order chi connectivity index (χ1) is 17.0. The first kappa shape index (κ1) is 29.7. The number of nitrogens with one attached hydrogen (secondary N) is 2. The number of amides is 4. The maximum atomic E-state index is 13.1. The number of likely N-dealkylation sites (tertiary alicyclic amines) is 2. The molecule has 2 fully saturated rings. The zero-order valence-electron chi connectivity index (χ0n) is 19.7. The second-order valence-electron chi connectivity index (χ2n) is 8.74. The fourth-order valence-electron chi connectivity index (χ4n) is 4.32. The summed E-state index contributed by atoms with van der Waals surface area (Å²) in [6.45, 7) is 0.511. The molecule has 0 aromatic heterocycles. The van der Waals surface area contributed by atoms with Crippen LogP contribution in [-0.4, -0.2) is 110 Å². The molecule has 2 aliphatic heterocycles. The van der Waals surface area contributed by atoms with Crippen molar-refractivity contribution in [2.45, 2.75) is 68.7 Å². The zero-order valence-corrected chi connectivity index (χ0v) is 21.5. The number of carbonyl (C=O) groups is 6. The van der Waals surface area contributed by atoms with Gasteiger partial charge in [0.25, 0.3) is 0 Å². The van der Waals surface area contributed by atoms with Crippen LogP contribution in [0, 0.1) is 0 Å². The summed E-state index contributed by atoms with van der Waals surface area (Å²) in [7, 11) is 0. The maximum absolute atomic E-state index is 13.1. The van der Waals surface area contributed by atoms with Gasteiger partial charge in [0.05, 0.1) is 6.04 Å². The zero-order chi connectivity index (χ0) is 27.0. The van der Waals surface area contributed by atoms with E-state index in [2.05, 4.69) is 35.9 Å². The van der Waals surface area contributed by atoms with E-state index >= 15 is 0 Å². The lowest BCUT2D eigenvalue weighted by Gasteiger charge is -2.31. The van der Waals surface area contributed by atoms with Crippen LogP contribution in [0.5, 0.6) is 0 Å². The number of carboxylic acid groups (broad SMARTS) is 2. The van der Waals surface area contributed by atoms with Crippen molar-refractivity contribution in [2.75, 3.05) is 24.6 Å². The number of carboxylic acids is 2. The molecule has 36 heavy (non-hydrogen) atoms. The van der Waals surface area contributed by atoms with Crippen LogP contribution in [-0.2, 0) is 28.8 Å². The van der Waals surface area contributed by atoms with Gasteiger partial charge in [-0.05, 0) is 32.1 Å². The van der Waals surface area contributed by atoms with Crippen molar-refractivity contribution < 1.29 is 39.0 Å². The summed E-state index contributed by atoms with van der Waals surface area (Å²) < 4.78 is 0. The first-order valence-electron chi connectivity index (χ1n) is 11.6. The van der Waals surface area contributed by atoms with Crippen molar-refractivity contribution in [2.24, 2.45) is 5.73 Å². The number of rotatable bonds is 12. The van der Waals surface area contributed by atoms with Crippen molar-refractivity contribution in [1.82, 2.24) is 20.4 Å². The van der Waals surface area contributed by atoms with Gasteiger partial charge in [0.1, 0.15) is 24.2 Å². The van der Waals surface area contributed by atoms with Crippen molar-refractivity contribution in [3.05, 3.63) is 0 Å². The average molecular weight is 548 g/mol. The molecule has 0 aromatic rings. The predicted molar refractivity (Wildman–Crippen MR) is 134 cm³/mol. The predicted octanol–water partition coefficient (Wildman–Crippen LogP) is -1.93. The van der Waals surface area contributed by atoms with Crippen LogP contribution >= 0.6 is 25.3 Å². The van der Waals surface area contributed by atoms with E-state index in [4.69, 9.17) is 10.8 Å².